The topological polar surface area (TPSA) is 37.8 Å². The van der Waals surface area contributed by atoms with E-state index in [1.807, 2.05) is 30.5 Å². The Morgan fingerprint density at radius 1 is 1.16 bits per heavy atom. The zero-order valence-corrected chi connectivity index (χ0v) is 11.5. The van der Waals surface area contributed by atoms with Crippen molar-refractivity contribution in [3.63, 3.8) is 0 Å². The normalized spacial score (nSPS) is 12.7. The van der Waals surface area contributed by atoms with Crippen LogP contribution in [0.15, 0.2) is 48.0 Å². The van der Waals surface area contributed by atoms with Gasteiger partial charge in [0.05, 0.1) is 22.9 Å². The second kappa shape index (κ2) is 5.47. The summed E-state index contributed by atoms with van der Waals surface area (Å²) in [6.07, 6.45) is 1.84. The van der Waals surface area contributed by atoms with E-state index in [2.05, 4.69) is 39.7 Å². The molecule has 1 atom stereocenters. The number of rotatable bonds is 4. The third kappa shape index (κ3) is 2.80. The van der Waals surface area contributed by atoms with Crippen molar-refractivity contribution in [1.29, 1.82) is 0 Å². The summed E-state index contributed by atoms with van der Waals surface area (Å²) in [4.78, 5) is 10.4. The lowest BCUT2D eigenvalue weighted by atomic mass is 10.2. The van der Waals surface area contributed by atoms with E-state index in [1.54, 1.807) is 11.3 Å². The average Bonchev–Trinajstić information content (AvgIpc) is 2.99. The maximum absolute atomic E-state index is 4.61. The zero-order chi connectivity index (χ0) is 13.1. The van der Waals surface area contributed by atoms with Crippen molar-refractivity contribution in [3.05, 3.63) is 58.5 Å². The van der Waals surface area contributed by atoms with Gasteiger partial charge in [0, 0.05) is 17.5 Å². The molecule has 4 heteroatoms. The zero-order valence-electron chi connectivity index (χ0n) is 10.7. The molecule has 1 unspecified atom stereocenters. The number of aromatic nitrogens is 2. The first-order valence-electron chi connectivity index (χ1n) is 6.30. The van der Waals surface area contributed by atoms with Gasteiger partial charge in [-0.05, 0) is 30.5 Å². The lowest BCUT2D eigenvalue weighted by molar-refractivity contribution is 0.575. The highest BCUT2D eigenvalue weighted by atomic mass is 32.1. The molecular weight excluding hydrogens is 254 g/mol. The van der Waals surface area contributed by atoms with Gasteiger partial charge >= 0.3 is 0 Å². The molecule has 19 heavy (non-hydrogen) atoms. The molecule has 1 aromatic carbocycles. The molecule has 0 aliphatic heterocycles. The second-order valence-electron chi connectivity index (χ2n) is 4.47. The Labute approximate surface area is 116 Å². The minimum Gasteiger partial charge on any atom is -0.304 e. The molecule has 0 aliphatic carbocycles. The lowest BCUT2D eigenvalue weighted by Gasteiger charge is -2.11. The summed E-state index contributed by atoms with van der Waals surface area (Å²) in [6, 6.07) is 12.5. The highest BCUT2D eigenvalue weighted by Gasteiger charge is 2.06. The van der Waals surface area contributed by atoms with Gasteiger partial charge in [0.1, 0.15) is 0 Å². The van der Waals surface area contributed by atoms with E-state index in [1.165, 1.54) is 4.88 Å². The SMILES string of the molecule is CC(NCc1cnc2ccccc2n1)c1cccs1. The number of hydrogen-bond donors (Lipinski definition) is 1. The van der Waals surface area contributed by atoms with E-state index in [-0.39, 0.29) is 0 Å². The Morgan fingerprint density at radius 2 is 2.00 bits per heavy atom. The standard InChI is InChI=1S/C15H15N3S/c1-11(15-7-4-8-19-15)16-9-12-10-17-13-5-2-3-6-14(13)18-12/h2-8,10-11,16H,9H2,1H3. The maximum atomic E-state index is 4.61. The van der Waals surface area contributed by atoms with Crippen LogP contribution in [0.1, 0.15) is 23.5 Å². The Morgan fingerprint density at radius 3 is 2.79 bits per heavy atom. The molecule has 2 heterocycles. The number of nitrogens with zero attached hydrogens (tertiary/aromatic N) is 2. The number of thiophene rings is 1. The van der Waals surface area contributed by atoms with Crippen molar-refractivity contribution in [1.82, 2.24) is 15.3 Å². The summed E-state index contributed by atoms with van der Waals surface area (Å²) >= 11 is 1.77. The van der Waals surface area contributed by atoms with Crippen molar-refractivity contribution in [2.24, 2.45) is 0 Å². The largest absolute Gasteiger partial charge is 0.304 e. The van der Waals surface area contributed by atoms with Crippen LogP contribution in [0.4, 0.5) is 0 Å². The first-order valence-corrected chi connectivity index (χ1v) is 7.18. The van der Waals surface area contributed by atoms with Crippen molar-refractivity contribution in [2.75, 3.05) is 0 Å². The third-order valence-electron chi connectivity index (χ3n) is 3.06. The van der Waals surface area contributed by atoms with Gasteiger partial charge in [0.15, 0.2) is 0 Å². The van der Waals surface area contributed by atoms with Crippen LogP contribution in [0.5, 0.6) is 0 Å². The second-order valence-corrected chi connectivity index (χ2v) is 5.45. The first-order chi connectivity index (χ1) is 9.33. The molecule has 0 spiro atoms. The maximum Gasteiger partial charge on any atom is 0.0890 e. The number of fused-ring (bicyclic) bond motifs is 1. The van der Waals surface area contributed by atoms with Crippen LogP contribution >= 0.6 is 11.3 Å². The van der Waals surface area contributed by atoms with Crippen LogP contribution in [0.3, 0.4) is 0 Å². The van der Waals surface area contributed by atoms with E-state index < -0.39 is 0 Å². The van der Waals surface area contributed by atoms with Gasteiger partial charge in [-0.25, -0.2) is 4.98 Å². The highest BCUT2D eigenvalue weighted by Crippen LogP contribution is 2.18. The molecule has 3 rings (SSSR count). The first kappa shape index (κ1) is 12.3. The van der Waals surface area contributed by atoms with Gasteiger partial charge in [-0.15, -0.1) is 11.3 Å². The minimum atomic E-state index is 0.341. The Bertz CT molecular complexity index is 664. The lowest BCUT2D eigenvalue weighted by Crippen LogP contribution is -2.18. The summed E-state index contributed by atoms with van der Waals surface area (Å²) < 4.78 is 0. The third-order valence-corrected chi connectivity index (χ3v) is 4.11. The van der Waals surface area contributed by atoms with Crippen molar-refractivity contribution < 1.29 is 0 Å². The van der Waals surface area contributed by atoms with Crippen LogP contribution in [0.2, 0.25) is 0 Å². The van der Waals surface area contributed by atoms with Crippen LogP contribution in [-0.2, 0) is 6.54 Å². The van der Waals surface area contributed by atoms with Gasteiger partial charge < -0.3 is 5.32 Å². The van der Waals surface area contributed by atoms with E-state index in [0.717, 1.165) is 23.3 Å². The van der Waals surface area contributed by atoms with Gasteiger partial charge in [-0.2, -0.15) is 0 Å². The predicted octanol–water partition coefficient (Wildman–Crippen LogP) is 3.54. The fraction of sp³-hybridized carbons (Fsp3) is 0.200. The Kier molecular flexibility index (Phi) is 3.53. The van der Waals surface area contributed by atoms with E-state index in [9.17, 15) is 0 Å². The molecule has 0 saturated heterocycles. The molecule has 0 fully saturated rings. The van der Waals surface area contributed by atoms with Gasteiger partial charge in [-0.3, -0.25) is 4.98 Å². The molecule has 0 bridgehead atoms. The van der Waals surface area contributed by atoms with E-state index in [0.29, 0.717) is 6.04 Å². The molecule has 0 amide bonds. The fourth-order valence-corrected chi connectivity index (χ4v) is 2.74. The number of nitrogens with one attached hydrogen (secondary N) is 1. The van der Waals surface area contributed by atoms with Crippen LogP contribution in [0.25, 0.3) is 11.0 Å². The number of benzene rings is 1. The van der Waals surface area contributed by atoms with Crippen LogP contribution < -0.4 is 5.32 Å². The molecule has 3 nitrogen and oxygen atoms in total. The highest BCUT2D eigenvalue weighted by molar-refractivity contribution is 7.10. The molecule has 96 valence electrons. The summed E-state index contributed by atoms with van der Waals surface area (Å²) in [5.74, 6) is 0. The van der Waals surface area contributed by atoms with Crippen molar-refractivity contribution in [2.45, 2.75) is 19.5 Å². The van der Waals surface area contributed by atoms with Crippen LogP contribution in [-0.4, -0.2) is 9.97 Å². The van der Waals surface area contributed by atoms with E-state index in [4.69, 9.17) is 0 Å². The summed E-state index contributed by atoms with van der Waals surface area (Å²) in [5, 5.41) is 5.57. The van der Waals surface area contributed by atoms with Gasteiger partial charge in [0.2, 0.25) is 0 Å². The Hall–Kier alpha value is -1.78. The summed E-state index contributed by atoms with van der Waals surface area (Å²) in [5.41, 5.74) is 2.87. The van der Waals surface area contributed by atoms with Crippen molar-refractivity contribution >= 4 is 22.4 Å². The minimum absolute atomic E-state index is 0.341. The molecule has 0 saturated carbocycles. The molecule has 1 N–H and O–H groups in total. The molecule has 2 aromatic heterocycles. The molecule has 3 aromatic rings. The van der Waals surface area contributed by atoms with Crippen LogP contribution in [0, 0.1) is 0 Å². The fourth-order valence-electron chi connectivity index (χ4n) is 1.98. The number of hydrogen-bond acceptors (Lipinski definition) is 4. The molecular formula is C15H15N3S. The quantitative estimate of drug-likeness (QED) is 0.787. The number of para-hydroxylation sites is 2. The molecule has 0 aliphatic rings. The van der Waals surface area contributed by atoms with Crippen molar-refractivity contribution in [3.8, 4) is 0 Å². The van der Waals surface area contributed by atoms with E-state index >= 15 is 0 Å². The molecule has 0 radical (unpaired) electrons. The van der Waals surface area contributed by atoms with Gasteiger partial charge in [-0.1, -0.05) is 18.2 Å². The summed E-state index contributed by atoms with van der Waals surface area (Å²) in [6.45, 7) is 2.90. The smallest absolute Gasteiger partial charge is 0.0890 e. The van der Waals surface area contributed by atoms with Gasteiger partial charge in [0.25, 0.3) is 0 Å². The predicted molar refractivity (Wildman–Crippen MR) is 79.1 cm³/mol. The Balaban J connectivity index is 1.71. The average molecular weight is 269 g/mol. The summed E-state index contributed by atoms with van der Waals surface area (Å²) in [7, 11) is 0. The monoisotopic (exact) mass is 269 g/mol.